The highest BCUT2D eigenvalue weighted by molar-refractivity contribution is 7.25. The van der Waals surface area contributed by atoms with Gasteiger partial charge in [0.2, 0.25) is 5.78 Å². The van der Waals surface area contributed by atoms with Gasteiger partial charge in [-0.15, -0.1) is 22.7 Å². The molecule has 1 saturated carbocycles. The van der Waals surface area contributed by atoms with Crippen molar-refractivity contribution in [1.82, 2.24) is 0 Å². The van der Waals surface area contributed by atoms with Crippen LogP contribution < -0.4 is 20.3 Å². The van der Waals surface area contributed by atoms with E-state index in [-0.39, 0.29) is 58.9 Å². The van der Waals surface area contributed by atoms with Gasteiger partial charge in [-0.05, 0) is 95.0 Å². The summed E-state index contributed by atoms with van der Waals surface area (Å²) in [6, 6.07) is 21.5. The average molecular weight is 1020 g/mol. The molecule has 0 amide bonds. The van der Waals surface area contributed by atoms with Gasteiger partial charge in [-0.3, -0.25) is 19.2 Å². The fourth-order valence-corrected chi connectivity index (χ4v) is 12.1. The topological polar surface area (TPSA) is 124 Å². The van der Waals surface area contributed by atoms with Crippen molar-refractivity contribution in [3.8, 4) is 11.5 Å². The summed E-state index contributed by atoms with van der Waals surface area (Å²) >= 11 is 15.8. The van der Waals surface area contributed by atoms with E-state index in [1.165, 1.54) is 22.7 Å². The van der Waals surface area contributed by atoms with Crippen LogP contribution in [0.25, 0.3) is 40.3 Å². The van der Waals surface area contributed by atoms with Crippen LogP contribution in [0, 0.1) is 5.41 Å². The number of benzene rings is 4. The van der Waals surface area contributed by atoms with Gasteiger partial charge in [0.1, 0.15) is 36.4 Å². The van der Waals surface area contributed by atoms with Crippen molar-refractivity contribution >= 4 is 97.8 Å². The van der Waals surface area contributed by atoms with E-state index < -0.39 is 17.3 Å². The van der Waals surface area contributed by atoms with Crippen LogP contribution in [0.15, 0.2) is 82.4 Å². The van der Waals surface area contributed by atoms with Gasteiger partial charge in [0.15, 0.2) is 16.6 Å². The van der Waals surface area contributed by atoms with Gasteiger partial charge in [-0.2, -0.15) is 0 Å². The van der Waals surface area contributed by atoms with Crippen LogP contribution in [0.3, 0.4) is 0 Å². The lowest BCUT2D eigenvalue weighted by molar-refractivity contribution is -0.224. The number of hydrogen-bond acceptors (Lipinski definition) is 12. The van der Waals surface area contributed by atoms with Crippen LogP contribution in [0.2, 0.25) is 10.0 Å². The largest absolute Gasteiger partial charge is 0.484 e. The van der Waals surface area contributed by atoms with E-state index in [1.54, 1.807) is 43.3 Å². The molecular formula is C55H64Cl2O10S2. The molecule has 69 heavy (non-hydrogen) atoms. The third-order valence-corrected chi connectivity index (χ3v) is 16.8. The standard InChI is InChI=1S/C55H64Cl2O10S2/c1-10-53(9,26-33(5)66-34(6)40(58)29-62-41-24-22-38(56)46-48(60)36-18-14-16-20-43(36)68-50(41)46)64-31-52(7,8)32-65-54(11-2)27-35(28-54)67-55(12-3,13-4)45(59)30-63-42-25-23-39(57)47-49(61)37-19-15-17-21-44(37)69-51(42)47/h14-25,33-35H,10-13,26-32H2,1-9H3. The maximum atomic E-state index is 14.0. The molecule has 0 radical (unpaired) electrons. The predicted molar refractivity (Wildman–Crippen MR) is 282 cm³/mol. The van der Waals surface area contributed by atoms with Crippen molar-refractivity contribution in [2.45, 2.75) is 142 Å². The third-order valence-electron chi connectivity index (χ3n) is 13.8. The fourth-order valence-electron chi connectivity index (χ4n) is 9.15. The number of carbonyl (C=O) groups excluding carboxylic acids is 2. The highest BCUT2D eigenvalue weighted by Gasteiger charge is 2.50. The molecule has 2 aromatic heterocycles. The van der Waals surface area contributed by atoms with Crippen LogP contribution in [0.5, 0.6) is 11.5 Å². The third kappa shape index (κ3) is 11.5. The van der Waals surface area contributed by atoms with Crippen molar-refractivity contribution < 1.29 is 38.0 Å². The van der Waals surface area contributed by atoms with E-state index in [2.05, 4.69) is 34.6 Å². The van der Waals surface area contributed by atoms with E-state index in [4.69, 9.17) is 51.6 Å². The number of hydrogen-bond donors (Lipinski definition) is 0. The zero-order valence-corrected chi connectivity index (χ0v) is 44.2. The second kappa shape index (κ2) is 21.8. The Bertz CT molecular complexity index is 2950. The molecule has 14 heteroatoms. The number of ether oxygens (including phenoxy) is 6. The molecule has 2 heterocycles. The van der Waals surface area contributed by atoms with E-state index in [0.717, 1.165) is 22.2 Å². The molecule has 0 bridgehead atoms. The molecule has 10 nitrogen and oxygen atoms in total. The number of carbonyl (C=O) groups is 2. The van der Waals surface area contributed by atoms with Crippen molar-refractivity contribution in [2.24, 2.45) is 5.41 Å². The number of rotatable bonds is 24. The number of Topliss-reactive ketones (excluding diaryl/α,β-unsaturated/α-hetero) is 2. The molecule has 1 aliphatic carbocycles. The van der Waals surface area contributed by atoms with Crippen LogP contribution in [0.1, 0.15) is 107 Å². The average Bonchev–Trinajstić information content (AvgIpc) is 3.32. The van der Waals surface area contributed by atoms with Gasteiger partial charge in [0.25, 0.3) is 0 Å². The van der Waals surface area contributed by atoms with Gasteiger partial charge in [0, 0.05) is 44.8 Å². The van der Waals surface area contributed by atoms with E-state index in [0.29, 0.717) is 97.8 Å². The molecule has 7 rings (SSSR count). The maximum Gasteiger partial charge on any atom is 0.201 e. The Morgan fingerprint density at radius 3 is 1.75 bits per heavy atom. The minimum atomic E-state index is -1.03. The Kier molecular flexibility index (Phi) is 16.7. The SMILES string of the molecule is CCC(C)(CC(C)OC(C)C(=O)COc1ccc(Cl)c2c(=O)c3ccccc3sc12)OCC(C)(C)COC1(CC)CC(OC(CC)(CC)C(=O)COc2ccc(Cl)c3c(=O)c4ccccc4sc23)C1. The fraction of sp³-hybridized carbons (Fsp3) is 0.491. The summed E-state index contributed by atoms with van der Waals surface area (Å²) in [5, 5.41) is 2.65. The molecule has 1 aliphatic rings. The molecule has 0 N–H and O–H groups in total. The van der Waals surface area contributed by atoms with Crippen LogP contribution in [-0.2, 0) is 28.5 Å². The Morgan fingerprint density at radius 2 is 1.25 bits per heavy atom. The van der Waals surface area contributed by atoms with Crippen LogP contribution in [-0.4, -0.2) is 73.1 Å². The first-order valence-electron chi connectivity index (χ1n) is 24.0. The summed E-state index contributed by atoms with van der Waals surface area (Å²) in [6.07, 6.45) is 3.22. The zero-order chi connectivity index (χ0) is 49.9. The van der Waals surface area contributed by atoms with Gasteiger partial charge in [0.05, 0.1) is 66.8 Å². The summed E-state index contributed by atoms with van der Waals surface area (Å²) in [5.41, 5.74) is -2.59. The molecule has 3 unspecified atom stereocenters. The summed E-state index contributed by atoms with van der Waals surface area (Å²) in [5.74, 6) is 0.494. The first kappa shape index (κ1) is 52.8. The highest BCUT2D eigenvalue weighted by Crippen LogP contribution is 2.45. The maximum absolute atomic E-state index is 14.0. The summed E-state index contributed by atoms with van der Waals surface area (Å²) < 4.78 is 41.3. The molecule has 0 aliphatic heterocycles. The number of halogens is 2. The second-order valence-electron chi connectivity index (χ2n) is 19.5. The smallest absolute Gasteiger partial charge is 0.201 e. The highest BCUT2D eigenvalue weighted by atomic mass is 35.5. The second-order valence-corrected chi connectivity index (χ2v) is 22.5. The lowest BCUT2D eigenvalue weighted by Gasteiger charge is -2.50. The van der Waals surface area contributed by atoms with Crippen molar-refractivity contribution in [3.05, 3.63) is 103 Å². The van der Waals surface area contributed by atoms with Crippen LogP contribution in [0.4, 0.5) is 0 Å². The Hall–Kier alpha value is -3.98. The summed E-state index contributed by atoms with van der Waals surface area (Å²) in [4.78, 5) is 54.0. The Balaban J connectivity index is 0.883. The molecule has 6 aromatic rings. The Labute approximate surface area is 422 Å². The zero-order valence-electron chi connectivity index (χ0n) is 41.1. The normalized spacial score (nSPS) is 18.3. The first-order valence-corrected chi connectivity index (χ1v) is 26.4. The lowest BCUT2D eigenvalue weighted by Crippen LogP contribution is -2.56. The lowest BCUT2D eigenvalue weighted by atomic mass is 9.74. The molecular weight excluding hydrogens is 956 g/mol. The van der Waals surface area contributed by atoms with E-state index in [1.807, 2.05) is 57.2 Å². The van der Waals surface area contributed by atoms with Gasteiger partial charge in [-0.1, -0.05) is 89.0 Å². The van der Waals surface area contributed by atoms with Crippen molar-refractivity contribution in [1.29, 1.82) is 0 Å². The minimum absolute atomic E-state index is 0.149. The molecule has 1 fully saturated rings. The Morgan fingerprint density at radius 1 is 0.725 bits per heavy atom. The van der Waals surface area contributed by atoms with Gasteiger partial charge < -0.3 is 28.4 Å². The van der Waals surface area contributed by atoms with Gasteiger partial charge >= 0.3 is 0 Å². The van der Waals surface area contributed by atoms with Gasteiger partial charge in [-0.25, -0.2) is 0 Å². The van der Waals surface area contributed by atoms with E-state index >= 15 is 0 Å². The summed E-state index contributed by atoms with van der Waals surface area (Å²) in [7, 11) is 0. The molecule has 370 valence electrons. The van der Waals surface area contributed by atoms with Crippen molar-refractivity contribution in [3.63, 3.8) is 0 Å². The first-order chi connectivity index (χ1) is 32.8. The monoisotopic (exact) mass is 1020 g/mol. The molecule has 0 spiro atoms. The molecule has 3 atom stereocenters. The quantitative estimate of drug-likeness (QED) is 0.0541. The minimum Gasteiger partial charge on any atom is -0.484 e. The predicted octanol–water partition coefficient (Wildman–Crippen LogP) is 13.3. The number of ketones is 2. The van der Waals surface area contributed by atoms with E-state index in [9.17, 15) is 19.2 Å². The molecule has 4 aromatic carbocycles. The van der Waals surface area contributed by atoms with Crippen molar-refractivity contribution in [2.75, 3.05) is 26.4 Å². The van der Waals surface area contributed by atoms with Crippen LogP contribution >= 0.6 is 45.9 Å². The number of fused-ring (bicyclic) bond motifs is 4. The molecule has 0 saturated heterocycles. The summed E-state index contributed by atoms with van der Waals surface area (Å²) in [6.45, 7) is 18.6.